The molecule has 4 heteroatoms. The van der Waals surface area contributed by atoms with Gasteiger partial charge in [-0.2, -0.15) is 0 Å². The van der Waals surface area contributed by atoms with Crippen LogP contribution in [0.2, 0.25) is 5.02 Å². The number of carbonyl (C=O) groups excluding carboxylic acids is 1. The van der Waals surface area contributed by atoms with Crippen LogP contribution in [-0.2, 0) is 0 Å². The summed E-state index contributed by atoms with van der Waals surface area (Å²) < 4.78 is 5.26. The lowest BCUT2D eigenvalue weighted by Crippen LogP contribution is -1.87. The molecule has 0 amide bonds. The topological polar surface area (TPSA) is 26.3 Å². The summed E-state index contributed by atoms with van der Waals surface area (Å²) in [6, 6.07) is 7.29. The zero-order valence-electron chi connectivity index (χ0n) is 8.57. The maximum atomic E-state index is 10.6. The molecule has 0 fully saturated rings. The van der Waals surface area contributed by atoms with Gasteiger partial charge in [0, 0.05) is 5.56 Å². The molecule has 82 valence electrons. The van der Waals surface area contributed by atoms with E-state index in [0.717, 1.165) is 17.4 Å². The van der Waals surface area contributed by atoms with Crippen LogP contribution in [0.3, 0.4) is 0 Å². The highest BCUT2D eigenvalue weighted by Gasteiger charge is 2.11. The van der Waals surface area contributed by atoms with Gasteiger partial charge in [0.2, 0.25) is 0 Å². The van der Waals surface area contributed by atoms with Crippen LogP contribution in [-0.4, -0.2) is 13.4 Å². The van der Waals surface area contributed by atoms with Crippen molar-refractivity contribution in [2.45, 2.75) is 0 Å². The maximum absolute atomic E-state index is 10.6. The number of rotatable bonds is 3. The maximum Gasteiger partial charge on any atom is 0.160 e. The summed E-state index contributed by atoms with van der Waals surface area (Å²) in [5.74, 6) is 0.711. The molecule has 0 radical (unpaired) electrons. The number of halogens is 1. The molecular formula is C12H9ClO2S. The fourth-order valence-electron chi connectivity index (χ4n) is 1.50. The first kappa shape index (κ1) is 11.2. The van der Waals surface area contributed by atoms with Crippen molar-refractivity contribution in [1.82, 2.24) is 0 Å². The molecule has 0 atom stereocenters. The normalized spacial score (nSPS) is 10.1. The molecule has 0 spiro atoms. The Kier molecular flexibility index (Phi) is 3.27. The lowest BCUT2D eigenvalue weighted by Gasteiger charge is -2.08. The minimum absolute atomic E-state index is 0.620. The molecule has 1 heterocycles. The smallest absolute Gasteiger partial charge is 0.160 e. The van der Waals surface area contributed by atoms with Crippen LogP contribution >= 0.6 is 22.9 Å². The zero-order valence-corrected chi connectivity index (χ0v) is 10.1. The van der Waals surface area contributed by atoms with Gasteiger partial charge in [0.05, 0.1) is 17.0 Å². The van der Waals surface area contributed by atoms with Crippen LogP contribution in [0, 0.1) is 0 Å². The second-order valence-electron chi connectivity index (χ2n) is 3.17. The minimum Gasteiger partial charge on any atom is -0.496 e. The summed E-state index contributed by atoms with van der Waals surface area (Å²) in [7, 11) is 1.60. The SMILES string of the molecule is COc1cccc(Cl)c1-c1csc(C=O)c1. The summed E-state index contributed by atoms with van der Waals surface area (Å²) in [5.41, 5.74) is 1.74. The Morgan fingerprint density at radius 2 is 2.25 bits per heavy atom. The van der Waals surface area contributed by atoms with Crippen LogP contribution in [0.25, 0.3) is 11.1 Å². The fourth-order valence-corrected chi connectivity index (χ4v) is 2.47. The summed E-state index contributed by atoms with van der Waals surface area (Å²) in [6.07, 6.45) is 0.831. The standard InChI is InChI=1S/C12H9ClO2S/c1-15-11-4-2-3-10(13)12(11)8-5-9(6-14)16-7-8/h2-7H,1H3. The molecule has 0 aliphatic carbocycles. The lowest BCUT2D eigenvalue weighted by molar-refractivity contribution is 0.112. The third-order valence-electron chi connectivity index (χ3n) is 2.22. The molecule has 0 aliphatic heterocycles. The predicted molar refractivity (Wildman–Crippen MR) is 66.7 cm³/mol. The average molecular weight is 253 g/mol. The molecule has 16 heavy (non-hydrogen) atoms. The molecular weight excluding hydrogens is 244 g/mol. The van der Waals surface area contributed by atoms with Gasteiger partial charge in [-0.1, -0.05) is 17.7 Å². The Bertz CT molecular complexity index is 519. The van der Waals surface area contributed by atoms with Crippen molar-refractivity contribution in [1.29, 1.82) is 0 Å². The fraction of sp³-hybridized carbons (Fsp3) is 0.0833. The first-order valence-corrected chi connectivity index (χ1v) is 5.88. The lowest BCUT2D eigenvalue weighted by atomic mass is 10.1. The van der Waals surface area contributed by atoms with Crippen LogP contribution in [0.15, 0.2) is 29.6 Å². The van der Waals surface area contributed by atoms with Gasteiger partial charge in [-0.15, -0.1) is 11.3 Å². The van der Waals surface area contributed by atoms with Crippen LogP contribution in [0.5, 0.6) is 5.75 Å². The van der Waals surface area contributed by atoms with E-state index in [1.165, 1.54) is 11.3 Å². The van der Waals surface area contributed by atoms with E-state index in [1.54, 1.807) is 19.2 Å². The predicted octanol–water partition coefficient (Wildman–Crippen LogP) is 3.89. The van der Waals surface area contributed by atoms with Crippen molar-refractivity contribution in [2.75, 3.05) is 7.11 Å². The number of methoxy groups -OCH3 is 1. The second-order valence-corrected chi connectivity index (χ2v) is 4.52. The summed E-state index contributed by atoms with van der Waals surface area (Å²) >= 11 is 7.52. The molecule has 2 nitrogen and oxygen atoms in total. The van der Waals surface area contributed by atoms with Gasteiger partial charge in [0.15, 0.2) is 6.29 Å². The number of hydrogen-bond acceptors (Lipinski definition) is 3. The molecule has 0 N–H and O–H groups in total. The summed E-state index contributed by atoms with van der Waals surface area (Å²) in [5, 5.41) is 2.52. The van der Waals surface area contributed by atoms with E-state index in [4.69, 9.17) is 16.3 Å². The number of hydrogen-bond donors (Lipinski definition) is 0. The molecule has 0 saturated carbocycles. The summed E-state index contributed by atoms with van der Waals surface area (Å²) in [6.45, 7) is 0. The van der Waals surface area contributed by atoms with Crippen LogP contribution in [0.1, 0.15) is 9.67 Å². The molecule has 0 bridgehead atoms. The number of benzene rings is 1. The van der Waals surface area contributed by atoms with Crippen LogP contribution < -0.4 is 4.74 Å². The van der Waals surface area contributed by atoms with Crippen molar-refractivity contribution in [2.24, 2.45) is 0 Å². The number of thiophene rings is 1. The highest BCUT2D eigenvalue weighted by molar-refractivity contribution is 7.12. The van der Waals surface area contributed by atoms with Gasteiger partial charge < -0.3 is 4.74 Å². The van der Waals surface area contributed by atoms with Gasteiger partial charge in [-0.05, 0) is 29.1 Å². The Hall–Kier alpha value is -1.32. The average Bonchev–Trinajstić information content (AvgIpc) is 2.76. The molecule has 1 aromatic carbocycles. The van der Waals surface area contributed by atoms with Crippen molar-refractivity contribution < 1.29 is 9.53 Å². The van der Waals surface area contributed by atoms with Gasteiger partial charge in [0.25, 0.3) is 0 Å². The van der Waals surface area contributed by atoms with E-state index >= 15 is 0 Å². The minimum atomic E-state index is 0.620. The molecule has 2 rings (SSSR count). The largest absolute Gasteiger partial charge is 0.496 e. The first-order valence-electron chi connectivity index (χ1n) is 4.63. The van der Waals surface area contributed by atoms with E-state index in [0.29, 0.717) is 15.6 Å². The third kappa shape index (κ3) is 1.96. The van der Waals surface area contributed by atoms with Crippen molar-refractivity contribution in [3.63, 3.8) is 0 Å². The highest BCUT2D eigenvalue weighted by Crippen LogP contribution is 2.38. The van der Waals surface area contributed by atoms with Crippen LogP contribution in [0.4, 0.5) is 0 Å². The van der Waals surface area contributed by atoms with Crippen molar-refractivity contribution in [3.8, 4) is 16.9 Å². The monoisotopic (exact) mass is 252 g/mol. The van der Waals surface area contributed by atoms with Gasteiger partial charge in [-0.25, -0.2) is 0 Å². The number of ether oxygens (including phenoxy) is 1. The number of carbonyl (C=O) groups is 1. The van der Waals surface area contributed by atoms with E-state index in [-0.39, 0.29) is 0 Å². The zero-order chi connectivity index (χ0) is 11.5. The Labute approximate surface area is 102 Å². The van der Waals surface area contributed by atoms with Gasteiger partial charge in [-0.3, -0.25) is 4.79 Å². The van der Waals surface area contributed by atoms with Gasteiger partial charge >= 0.3 is 0 Å². The molecule has 0 aliphatic rings. The van der Waals surface area contributed by atoms with Crippen molar-refractivity contribution in [3.05, 3.63) is 39.5 Å². The Morgan fingerprint density at radius 3 is 2.88 bits per heavy atom. The van der Waals surface area contributed by atoms with Gasteiger partial charge in [0.1, 0.15) is 5.75 Å². The van der Waals surface area contributed by atoms with E-state index in [2.05, 4.69) is 0 Å². The van der Waals surface area contributed by atoms with E-state index in [1.807, 2.05) is 17.5 Å². The molecule has 1 aromatic heterocycles. The summed E-state index contributed by atoms with van der Waals surface area (Å²) in [4.78, 5) is 11.3. The number of aldehydes is 1. The molecule has 0 saturated heterocycles. The van der Waals surface area contributed by atoms with E-state index in [9.17, 15) is 4.79 Å². The van der Waals surface area contributed by atoms with E-state index < -0.39 is 0 Å². The van der Waals surface area contributed by atoms with Crippen molar-refractivity contribution >= 4 is 29.2 Å². The Balaban J connectivity index is 2.57. The second kappa shape index (κ2) is 4.68. The highest BCUT2D eigenvalue weighted by atomic mass is 35.5. The quantitative estimate of drug-likeness (QED) is 0.775. The third-order valence-corrected chi connectivity index (χ3v) is 3.39. The first-order chi connectivity index (χ1) is 7.76. The molecule has 2 aromatic rings. The Morgan fingerprint density at radius 1 is 1.44 bits per heavy atom. The molecule has 0 unspecified atom stereocenters.